The number of aryl methyl sites for hydroxylation is 1. The maximum Gasteiger partial charge on any atom is 0.0809 e. The van der Waals surface area contributed by atoms with Crippen LogP contribution in [0, 0.1) is 6.92 Å². The summed E-state index contributed by atoms with van der Waals surface area (Å²) in [5.74, 6) is 0. The predicted molar refractivity (Wildman–Crippen MR) is 90.8 cm³/mol. The van der Waals surface area contributed by atoms with E-state index < -0.39 is 0 Å². The number of fused-ring (bicyclic) bond motifs is 1. The van der Waals surface area contributed by atoms with Gasteiger partial charge in [-0.15, -0.1) is 11.3 Å². The smallest absolute Gasteiger partial charge is 0.0809 e. The van der Waals surface area contributed by atoms with E-state index in [9.17, 15) is 0 Å². The molecule has 3 aromatic rings. The lowest BCUT2D eigenvalue weighted by molar-refractivity contribution is 0.494. The Kier molecular flexibility index (Phi) is 4.04. The van der Waals surface area contributed by atoms with Crippen LogP contribution in [0.2, 0.25) is 0 Å². The molecule has 0 aliphatic carbocycles. The van der Waals surface area contributed by atoms with Gasteiger partial charge in [0.1, 0.15) is 0 Å². The van der Waals surface area contributed by atoms with Crippen LogP contribution in [-0.4, -0.2) is 4.98 Å². The largest absolute Gasteiger partial charge is 0.304 e. The molecule has 0 fully saturated rings. The van der Waals surface area contributed by atoms with Crippen LogP contribution in [0.25, 0.3) is 10.2 Å². The average molecular weight is 296 g/mol. The number of benzene rings is 1. The average Bonchev–Trinajstić information content (AvgIpc) is 2.94. The first kappa shape index (κ1) is 14.2. The highest BCUT2D eigenvalue weighted by atomic mass is 32.1. The van der Waals surface area contributed by atoms with Crippen LogP contribution < -0.4 is 5.32 Å². The molecule has 0 amide bonds. The maximum absolute atomic E-state index is 4.53. The summed E-state index contributed by atoms with van der Waals surface area (Å²) in [7, 11) is 0. The molecular weight excluding hydrogens is 276 g/mol. The van der Waals surface area contributed by atoms with Crippen LogP contribution in [0.15, 0.2) is 48.0 Å². The van der Waals surface area contributed by atoms with Crippen molar-refractivity contribution in [1.82, 2.24) is 10.3 Å². The van der Waals surface area contributed by atoms with E-state index in [0.29, 0.717) is 6.04 Å². The quantitative estimate of drug-likeness (QED) is 0.731. The summed E-state index contributed by atoms with van der Waals surface area (Å²) in [4.78, 5) is 4.53. The summed E-state index contributed by atoms with van der Waals surface area (Å²) in [6.07, 6.45) is 1.98. The van der Waals surface area contributed by atoms with Crippen molar-refractivity contribution in [3.63, 3.8) is 0 Å². The van der Waals surface area contributed by atoms with Crippen molar-refractivity contribution < 1.29 is 0 Å². The van der Waals surface area contributed by atoms with Crippen molar-refractivity contribution in [3.05, 3.63) is 64.7 Å². The number of hydrogen-bond acceptors (Lipinski definition) is 3. The lowest BCUT2D eigenvalue weighted by Gasteiger charge is -2.21. The van der Waals surface area contributed by atoms with E-state index in [0.717, 1.165) is 5.52 Å². The van der Waals surface area contributed by atoms with E-state index in [1.807, 2.05) is 6.20 Å². The second-order valence-electron chi connectivity index (χ2n) is 5.60. The van der Waals surface area contributed by atoms with Crippen LogP contribution in [-0.2, 0) is 0 Å². The number of hydrogen-bond donors (Lipinski definition) is 1. The van der Waals surface area contributed by atoms with Gasteiger partial charge >= 0.3 is 0 Å². The molecule has 0 radical (unpaired) electrons. The van der Waals surface area contributed by atoms with Crippen molar-refractivity contribution in [2.24, 2.45) is 0 Å². The van der Waals surface area contributed by atoms with Crippen LogP contribution in [0.1, 0.15) is 42.6 Å². The van der Waals surface area contributed by atoms with Gasteiger partial charge < -0.3 is 5.32 Å². The van der Waals surface area contributed by atoms with Crippen LogP contribution in [0.4, 0.5) is 0 Å². The minimum absolute atomic E-state index is 0.277. The maximum atomic E-state index is 4.53. The molecule has 1 N–H and O–H groups in total. The molecule has 2 atom stereocenters. The Morgan fingerprint density at radius 1 is 1.05 bits per heavy atom. The van der Waals surface area contributed by atoms with Gasteiger partial charge in [-0.05, 0) is 49.4 Å². The first-order chi connectivity index (χ1) is 10.1. The van der Waals surface area contributed by atoms with Gasteiger partial charge in [-0.1, -0.05) is 29.8 Å². The number of nitrogens with one attached hydrogen (secondary N) is 1. The number of nitrogens with zero attached hydrogens (tertiary/aromatic N) is 1. The first-order valence-electron chi connectivity index (χ1n) is 7.29. The zero-order valence-electron chi connectivity index (χ0n) is 12.6. The topological polar surface area (TPSA) is 24.9 Å². The predicted octanol–water partition coefficient (Wildman–Crippen LogP) is 5.02. The standard InChI is InChI=1S/C18H20N2S/c1-12-5-4-6-15(9-12)13(2)20-14(3)16-10-18-17(19-11-16)7-8-21-18/h4-11,13-14,20H,1-3H3/t13-,14?/m0/s1. The number of rotatable bonds is 4. The number of aromatic nitrogens is 1. The van der Waals surface area contributed by atoms with Crippen molar-refractivity contribution in [3.8, 4) is 0 Å². The lowest BCUT2D eigenvalue weighted by atomic mass is 10.0. The second kappa shape index (κ2) is 5.96. The third kappa shape index (κ3) is 3.14. The molecule has 3 rings (SSSR count). The molecule has 0 spiro atoms. The Morgan fingerprint density at radius 3 is 2.67 bits per heavy atom. The third-order valence-corrected chi connectivity index (χ3v) is 4.72. The molecular formula is C18H20N2S. The number of thiophene rings is 1. The Bertz CT molecular complexity index is 748. The van der Waals surface area contributed by atoms with Crippen LogP contribution in [0.3, 0.4) is 0 Å². The molecule has 0 saturated carbocycles. The molecule has 0 bridgehead atoms. The van der Waals surface area contributed by atoms with E-state index in [2.05, 4.69) is 72.9 Å². The SMILES string of the molecule is Cc1cccc([C@H](C)NC(C)c2cnc3ccsc3c2)c1. The monoisotopic (exact) mass is 296 g/mol. The summed E-state index contributed by atoms with van der Waals surface area (Å²) in [6, 6.07) is 13.6. The molecule has 0 aliphatic heterocycles. The summed E-state index contributed by atoms with van der Waals surface area (Å²) < 4.78 is 1.25. The normalized spacial score (nSPS) is 14.2. The van der Waals surface area contributed by atoms with Crippen LogP contribution >= 0.6 is 11.3 Å². The van der Waals surface area contributed by atoms with E-state index in [1.165, 1.54) is 21.4 Å². The van der Waals surface area contributed by atoms with Crippen LogP contribution in [0.5, 0.6) is 0 Å². The minimum atomic E-state index is 0.277. The molecule has 21 heavy (non-hydrogen) atoms. The Morgan fingerprint density at radius 2 is 1.86 bits per heavy atom. The fraction of sp³-hybridized carbons (Fsp3) is 0.278. The molecule has 2 aromatic heterocycles. The fourth-order valence-electron chi connectivity index (χ4n) is 2.61. The summed E-state index contributed by atoms with van der Waals surface area (Å²) in [5.41, 5.74) is 4.95. The summed E-state index contributed by atoms with van der Waals surface area (Å²) >= 11 is 1.75. The highest BCUT2D eigenvalue weighted by Gasteiger charge is 2.12. The molecule has 2 nitrogen and oxygen atoms in total. The van der Waals surface area contributed by atoms with Gasteiger partial charge in [0.25, 0.3) is 0 Å². The van der Waals surface area contributed by atoms with Crippen molar-refractivity contribution >= 4 is 21.6 Å². The fourth-order valence-corrected chi connectivity index (χ4v) is 3.39. The van der Waals surface area contributed by atoms with Crippen molar-refractivity contribution in [2.75, 3.05) is 0 Å². The van der Waals surface area contributed by atoms with Gasteiger partial charge in [0, 0.05) is 18.3 Å². The first-order valence-corrected chi connectivity index (χ1v) is 8.17. The van der Waals surface area contributed by atoms with E-state index in [1.54, 1.807) is 11.3 Å². The van der Waals surface area contributed by atoms with E-state index in [4.69, 9.17) is 0 Å². The molecule has 1 unspecified atom stereocenters. The van der Waals surface area contributed by atoms with Gasteiger partial charge in [-0.25, -0.2) is 0 Å². The zero-order valence-corrected chi connectivity index (χ0v) is 13.4. The summed E-state index contributed by atoms with van der Waals surface area (Å²) in [6.45, 7) is 6.54. The molecule has 1 aromatic carbocycles. The molecule has 108 valence electrons. The summed E-state index contributed by atoms with van der Waals surface area (Å²) in [5, 5.41) is 5.75. The number of pyridine rings is 1. The van der Waals surface area contributed by atoms with E-state index in [-0.39, 0.29) is 6.04 Å². The highest BCUT2D eigenvalue weighted by Crippen LogP contribution is 2.24. The lowest BCUT2D eigenvalue weighted by Crippen LogP contribution is -2.22. The van der Waals surface area contributed by atoms with Gasteiger partial charge in [0.2, 0.25) is 0 Å². The molecule has 3 heteroatoms. The van der Waals surface area contributed by atoms with Gasteiger partial charge in [0.15, 0.2) is 0 Å². The second-order valence-corrected chi connectivity index (χ2v) is 6.54. The Labute approximate surface area is 129 Å². The van der Waals surface area contributed by atoms with Crippen molar-refractivity contribution in [2.45, 2.75) is 32.9 Å². The molecule has 2 heterocycles. The molecule has 0 saturated heterocycles. The third-order valence-electron chi connectivity index (χ3n) is 3.87. The Balaban J connectivity index is 1.77. The van der Waals surface area contributed by atoms with E-state index >= 15 is 0 Å². The van der Waals surface area contributed by atoms with Crippen molar-refractivity contribution in [1.29, 1.82) is 0 Å². The Hall–Kier alpha value is -1.71. The highest BCUT2D eigenvalue weighted by molar-refractivity contribution is 7.17. The zero-order chi connectivity index (χ0) is 14.8. The van der Waals surface area contributed by atoms with Gasteiger partial charge in [0.05, 0.1) is 10.2 Å². The molecule has 0 aliphatic rings. The van der Waals surface area contributed by atoms with Gasteiger partial charge in [-0.2, -0.15) is 0 Å². The minimum Gasteiger partial charge on any atom is -0.304 e. The van der Waals surface area contributed by atoms with Gasteiger partial charge in [-0.3, -0.25) is 4.98 Å².